The first kappa shape index (κ1) is 11.9. The van der Waals surface area contributed by atoms with Gasteiger partial charge in [-0.25, -0.2) is 0 Å². The Morgan fingerprint density at radius 2 is 1.89 bits per heavy atom. The van der Waals surface area contributed by atoms with E-state index in [4.69, 9.17) is 0 Å². The van der Waals surface area contributed by atoms with Crippen molar-refractivity contribution in [3.8, 4) is 0 Å². The van der Waals surface area contributed by atoms with Gasteiger partial charge < -0.3 is 10.3 Å². The number of benzene rings is 1. The van der Waals surface area contributed by atoms with Crippen molar-refractivity contribution in [2.24, 2.45) is 0 Å². The highest BCUT2D eigenvalue weighted by atomic mass is 14.8. The Morgan fingerprint density at radius 1 is 1.00 bits per heavy atom. The third-order valence-corrected chi connectivity index (χ3v) is 3.29. The number of H-pyrrole nitrogens is 1. The number of hydrogen-bond donors (Lipinski definition) is 2. The summed E-state index contributed by atoms with van der Waals surface area (Å²) < 4.78 is 0. The van der Waals surface area contributed by atoms with Crippen molar-refractivity contribution in [1.82, 2.24) is 15.3 Å². The smallest absolute Gasteiger partial charge is 0.0454 e. The molecule has 19 heavy (non-hydrogen) atoms. The molecule has 0 fully saturated rings. The molecule has 3 heteroatoms. The first-order valence-corrected chi connectivity index (χ1v) is 6.57. The largest absolute Gasteiger partial charge is 0.361 e. The summed E-state index contributed by atoms with van der Waals surface area (Å²) in [5, 5.41) is 4.75. The maximum Gasteiger partial charge on any atom is 0.0454 e. The van der Waals surface area contributed by atoms with E-state index >= 15 is 0 Å². The van der Waals surface area contributed by atoms with Gasteiger partial charge in [0.15, 0.2) is 0 Å². The van der Waals surface area contributed by atoms with E-state index in [1.807, 2.05) is 18.6 Å². The third kappa shape index (κ3) is 3.01. The zero-order valence-electron chi connectivity index (χ0n) is 10.8. The molecule has 0 unspecified atom stereocenters. The first-order valence-electron chi connectivity index (χ1n) is 6.57. The minimum absolute atomic E-state index is 0.909. The minimum atomic E-state index is 0.909. The summed E-state index contributed by atoms with van der Waals surface area (Å²) >= 11 is 0. The van der Waals surface area contributed by atoms with Crippen molar-refractivity contribution >= 4 is 10.9 Å². The Balaban J connectivity index is 1.52. The zero-order valence-corrected chi connectivity index (χ0v) is 10.8. The number of nitrogens with zero attached hydrogens (tertiary/aromatic N) is 1. The number of pyridine rings is 1. The van der Waals surface area contributed by atoms with E-state index in [1.54, 1.807) is 0 Å². The zero-order chi connectivity index (χ0) is 12.9. The summed E-state index contributed by atoms with van der Waals surface area (Å²) in [4.78, 5) is 7.23. The first-order chi connectivity index (χ1) is 9.42. The molecule has 0 amide bonds. The Labute approximate surface area is 112 Å². The molecular formula is C16H17N3. The molecule has 0 bridgehead atoms. The van der Waals surface area contributed by atoms with Crippen LogP contribution in [-0.4, -0.2) is 16.5 Å². The molecule has 0 aliphatic rings. The van der Waals surface area contributed by atoms with Crippen molar-refractivity contribution in [1.29, 1.82) is 0 Å². The molecule has 3 aromatic rings. The van der Waals surface area contributed by atoms with Gasteiger partial charge in [0.25, 0.3) is 0 Å². The van der Waals surface area contributed by atoms with Gasteiger partial charge in [-0.3, -0.25) is 4.98 Å². The van der Waals surface area contributed by atoms with Crippen molar-refractivity contribution in [2.75, 3.05) is 6.54 Å². The number of rotatable bonds is 5. The second-order valence-corrected chi connectivity index (χ2v) is 4.68. The number of aromatic nitrogens is 2. The van der Waals surface area contributed by atoms with Crippen LogP contribution in [0.15, 0.2) is 55.0 Å². The highest BCUT2D eigenvalue weighted by Gasteiger charge is 1.97. The molecule has 0 aliphatic heterocycles. The van der Waals surface area contributed by atoms with Gasteiger partial charge >= 0.3 is 0 Å². The second-order valence-electron chi connectivity index (χ2n) is 4.68. The molecule has 3 nitrogen and oxygen atoms in total. The topological polar surface area (TPSA) is 40.7 Å². The van der Waals surface area contributed by atoms with Crippen LogP contribution >= 0.6 is 0 Å². The molecule has 1 aromatic carbocycles. The fourth-order valence-electron chi connectivity index (χ4n) is 2.23. The minimum Gasteiger partial charge on any atom is -0.361 e. The molecule has 0 spiro atoms. The van der Waals surface area contributed by atoms with E-state index in [0.29, 0.717) is 0 Å². The Hall–Kier alpha value is -2.13. The predicted molar refractivity (Wildman–Crippen MR) is 77.9 cm³/mol. The van der Waals surface area contributed by atoms with E-state index in [9.17, 15) is 0 Å². The quantitative estimate of drug-likeness (QED) is 0.685. The van der Waals surface area contributed by atoms with Gasteiger partial charge in [-0.2, -0.15) is 0 Å². The van der Waals surface area contributed by atoms with Crippen LogP contribution in [-0.2, 0) is 13.0 Å². The van der Waals surface area contributed by atoms with Crippen molar-refractivity contribution < 1.29 is 0 Å². The molecule has 3 rings (SSSR count). The molecule has 0 atom stereocenters. The molecule has 0 radical (unpaired) electrons. The van der Waals surface area contributed by atoms with Crippen LogP contribution in [0.2, 0.25) is 0 Å². The van der Waals surface area contributed by atoms with E-state index in [-0.39, 0.29) is 0 Å². The molecule has 96 valence electrons. The van der Waals surface area contributed by atoms with Crippen LogP contribution in [0.5, 0.6) is 0 Å². The summed E-state index contributed by atoms with van der Waals surface area (Å²) in [7, 11) is 0. The van der Waals surface area contributed by atoms with Gasteiger partial charge in [-0.05, 0) is 59.8 Å². The molecule has 0 saturated heterocycles. The Kier molecular flexibility index (Phi) is 3.56. The molecule has 0 aliphatic carbocycles. The number of fused-ring (bicyclic) bond motifs is 1. The lowest BCUT2D eigenvalue weighted by Crippen LogP contribution is -2.16. The lowest BCUT2D eigenvalue weighted by molar-refractivity contribution is 0.687. The average molecular weight is 251 g/mol. The predicted octanol–water partition coefficient (Wildman–Crippen LogP) is 2.90. The molecule has 2 aromatic heterocycles. The van der Waals surface area contributed by atoms with Crippen LogP contribution < -0.4 is 5.32 Å². The standard InChI is InChI=1S/C16H17N3/c1-2-16-15(6-10-19-16)11-14(1)12-18-9-5-13-3-7-17-8-4-13/h1-4,6-8,10-11,18-19H,5,9,12H2. The molecular weight excluding hydrogens is 234 g/mol. The van der Waals surface area contributed by atoms with Crippen LogP contribution in [0, 0.1) is 0 Å². The molecule has 0 saturated carbocycles. The second kappa shape index (κ2) is 5.67. The fraction of sp³-hybridized carbons (Fsp3) is 0.188. The molecule has 2 heterocycles. The molecule has 2 N–H and O–H groups in total. The summed E-state index contributed by atoms with van der Waals surface area (Å²) in [6.07, 6.45) is 6.70. The maximum atomic E-state index is 4.02. The fourth-order valence-corrected chi connectivity index (χ4v) is 2.23. The van der Waals surface area contributed by atoms with Crippen LogP contribution in [0.3, 0.4) is 0 Å². The van der Waals surface area contributed by atoms with Gasteiger partial charge in [0, 0.05) is 30.7 Å². The van der Waals surface area contributed by atoms with Crippen LogP contribution in [0.4, 0.5) is 0 Å². The van der Waals surface area contributed by atoms with Crippen molar-refractivity contribution in [3.05, 3.63) is 66.1 Å². The van der Waals surface area contributed by atoms with Gasteiger partial charge in [0.1, 0.15) is 0 Å². The van der Waals surface area contributed by atoms with E-state index in [0.717, 1.165) is 19.5 Å². The third-order valence-electron chi connectivity index (χ3n) is 3.29. The number of aromatic amines is 1. The van der Waals surface area contributed by atoms with Crippen molar-refractivity contribution in [3.63, 3.8) is 0 Å². The van der Waals surface area contributed by atoms with Gasteiger partial charge in [-0.15, -0.1) is 0 Å². The Bertz CT molecular complexity index is 643. The normalized spacial score (nSPS) is 10.9. The van der Waals surface area contributed by atoms with Crippen LogP contribution in [0.25, 0.3) is 10.9 Å². The summed E-state index contributed by atoms with van der Waals surface area (Å²) in [6.45, 7) is 1.89. The lowest BCUT2D eigenvalue weighted by atomic mass is 10.1. The lowest BCUT2D eigenvalue weighted by Gasteiger charge is -2.05. The number of nitrogens with one attached hydrogen (secondary N) is 2. The van der Waals surface area contributed by atoms with E-state index in [1.165, 1.54) is 22.0 Å². The van der Waals surface area contributed by atoms with Gasteiger partial charge in [0.2, 0.25) is 0 Å². The average Bonchev–Trinajstić information content (AvgIpc) is 2.92. The van der Waals surface area contributed by atoms with Gasteiger partial charge in [0.05, 0.1) is 0 Å². The summed E-state index contributed by atoms with van der Waals surface area (Å²) in [5.41, 5.74) is 3.84. The SMILES string of the molecule is c1cc(CCNCc2ccc3[nH]ccc3c2)ccn1. The highest BCUT2D eigenvalue weighted by molar-refractivity contribution is 5.79. The van der Waals surface area contributed by atoms with Crippen LogP contribution in [0.1, 0.15) is 11.1 Å². The maximum absolute atomic E-state index is 4.02. The highest BCUT2D eigenvalue weighted by Crippen LogP contribution is 2.13. The van der Waals surface area contributed by atoms with E-state index in [2.05, 4.69) is 51.7 Å². The number of hydrogen-bond acceptors (Lipinski definition) is 2. The summed E-state index contributed by atoms with van der Waals surface area (Å²) in [6, 6.07) is 12.8. The Morgan fingerprint density at radius 3 is 2.79 bits per heavy atom. The van der Waals surface area contributed by atoms with E-state index < -0.39 is 0 Å². The summed E-state index contributed by atoms with van der Waals surface area (Å²) in [5.74, 6) is 0. The monoisotopic (exact) mass is 251 g/mol. The van der Waals surface area contributed by atoms with Gasteiger partial charge in [-0.1, -0.05) is 6.07 Å². The van der Waals surface area contributed by atoms with Crippen molar-refractivity contribution in [2.45, 2.75) is 13.0 Å².